The van der Waals surface area contributed by atoms with Gasteiger partial charge in [0.25, 0.3) is 5.91 Å². The summed E-state index contributed by atoms with van der Waals surface area (Å²) in [5, 5.41) is 3.87. The summed E-state index contributed by atoms with van der Waals surface area (Å²) in [6.45, 7) is 4.21. The molecule has 1 aromatic heterocycles. The van der Waals surface area contributed by atoms with Crippen LogP contribution >= 0.6 is 0 Å². The fourth-order valence-corrected chi connectivity index (χ4v) is 3.41. The van der Waals surface area contributed by atoms with Gasteiger partial charge in [0.1, 0.15) is 11.5 Å². The minimum Gasteiger partial charge on any atom is -0.383 e. The minimum atomic E-state index is -3.71. The van der Waals surface area contributed by atoms with Gasteiger partial charge < -0.3 is 14.2 Å². The van der Waals surface area contributed by atoms with Gasteiger partial charge in [-0.15, -0.1) is 0 Å². The molecule has 1 N–H and O–H groups in total. The molecular formula is C17H23N3O5S. The van der Waals surface area contributed by atoms with Crippen LogP contribution in [0.3, 0.4) is 0 Å². The van der Waals surface area contributed by atoms with Gasteiger partial charge in [0.2, 0.25) is 10.0 Å². The van der Waals surface area contributed by atoms with Crippen LogP contribution in [0.4, 0.5) is 0 Å². The van der Waals surface area contributed by atoms with Gasteiger partial charge in [-0.1, -0.05) is 11.2 Å². The molecule has 0 saturated carbocycles. The zero-order valence-corrected chi connectivity index (χ0v) is 16.1. The standard InChI is InChI=1S/C17H23N3O5S/c1-12-5-6-15(26(22,23)18-7-8-24-4)10-16(12)17(21)20(3)11-14-9-13(2)25-19-14/h5-6,9-10,18H,7-8,11H2,1-4H3. The van der Waals surface area contributed by atoms with Crippen molar-refractivity contribution in [3.63, 3.8) is 0 Å². The molecule has 2 aromatic rings. The van der Waals surface area contributed by atoms with E-state index in [1.807, 2.05) is 0 Å². The first kappa shape index (κ1) is 20.1. The number of nitrogens with one attached hydrogen (secondary N) is 1. The van der Waals surface area contributed by atoms with Crippen molar-refractivity contribution in [3.8, 4) is 0 Å². The number of ether oxygens (including phenoxy) is 1. The number of rotatable bonds is 8. The van der Waals surface area contributed by atoms with E-state index >= 15 is 0 Å². The lowest BCUT2D eigenvalue weighted by atomic mass is 10.1. The molecule has 26 heavy (non-hydrogen) atoms. The molecule has 0 aliphatic carbocycles. The van der Waals surface area contributed by atoms with Crippen molar-refractivity contribution >= 4 is 15.9 Å². The Labute approximate surface area is 153 Å². The molecule has 0 atom stereocenters. The zero-order valence-electron chi connectivity index (χ0n) is 15.3. The van der Waals surface area contributed by atoms with E-state index in [0.29, 0.717) is 22.6 Å². The van der Waals surface area contributed by atoms with Crippen molar-refractivity contribution in [2.75, 3.05) is 27.3 Å². The summed E-state index contributed by atoms with van der Waals surface area (Å²) in [6, 6.07) is 6.23. The molecule has 0 aliphatic rings. The van der Waals surface area contributed by atoms with E-state index in [4.69, 9.17) is 9.26 Å². The molecule has 2 rings (SSSR count). The van der Waals surface area contributed by atoms with Gasteiger partial charge in [-0.05, 0) is 31.5 Å². The molecule has 0 unspecified atom stereocenters. The lowest BCUT2D eigenvalue weighted by Crippen LogP contribution is -2.29. The normalized spacial score (nSPS) is 11.5. The second kappa shape index (κ2) is 8.43. The Morgan fingerprint density at radius 1 is 1.31 bits per heavy atom. The summed E-state index contributed by atoms with van der Waals surface area (Å²) >= 11 is 0. The van der Waals surface area contributed by atoms with E-state index in [2.05, 4.69) is 9.88 Å². The first-order valence-corrected chi connectivity index (χ1v) is 9.50. The number of hydrogen-bond donors (Lipinski definition) is 1. The van der Waals surface area contributed by atoms with Crippen LogP contribution in [0.2, 0.25) is 0 Å². The molecule has 8 nitrogen and oxygen atoms in total. The van der Waals surface area contributed by atoms with Crippen LogP contribution in [-0.4, -0.2) is 51.7 Å². The number of methoxy groups -OCH3 is 1. The molecule has 0 bridgehead atoms. The highest BCUT2D eigenvalue weighted by Crippen LogP contribution is 2.18. The second-order valence-corrected chi connectivity index (χ2v) is 7.72. The number of aryl methyl sites for hydroxylation is 2. The number of carbonyl (C=O) groups excluding carboxylic acids is 1. The van der Waals surface area contributed by atoms with Crippen LogP contribution in [0.15, 0.2) is 33.7 Å². The van der Waals surface area contributed by atoms with E-state index in [1.54, 1.807) is 33.0 Å². The number of nitrogens with zero attached hydrogens (tertiary/aromatic N) is 2. The Bertz CT molecular complexity index is 876. The molecule has 0 fully saturated rings. The molecule has 0 spiro atoms. The maximum absolute atomic E-state index is 12.7. The first-order valence-electron chi connectivity index (χ1n) is 8.01. The van der Waals surface area contributed by atoms with Gasteiger partial charge in [0.15, 0.2) is 0 Å². The highest BCUT2D eigenvalue weighted by molar-refractivity contribution is 7.89. The monoisotopic (exact) mass is 381 g/mol. The van der Waals surface area contributed by atoms with Crippen LogP contribution in [0.5, 0.6) is 0 Å². The molecule has 1 aromatic carbocycles. The number of aromatic nitrogens is 1. The van der Waals surface area contributed by atoms with Crippen LogP contribution in [0, 0.1) is 13.8 Å². The highest BCUT2D eigenvalue weighted by Gasteiger charge is 2.20. The van der Waals surface area contributed by atoms with Crippen LogP contribution in [0.1, 0.15) is 27.4 Å². The smallest absolute Gasteiger partial charge is 0.254 e. The van der Waals surface area contributed by atoms with E-state index in [0.717, 1.165) is 0 Å². The average molecular weight is 381 g/mol. The second-order valence-electron chi connectivity index (χ2n) is 5.96. The maximum Gasteiger partial charge on any atom is 0.254 e. The van der Waals surface area contributed by atoms with Crippen molar-refractivity contribution in [1.82, 2.24) is 14.8 Å². The third-order valence-electron chi connectivity index (χ3n) is 3.77. The Hall–Kier alpha value is -2.23. The Kier molecular flexibility index (Phi) is 6.52. The Morgan fingerprint density at radius 2 is 2.04 bits per heavy atom. The molecular weight excluding hydrogens is 358 g/mol. The number of benzene rings is 1. The van der Waals surface area contributed by atoms with Crippen molar-refractivity contribution in [1.29, 1.82) is 0 Å². The molecule has 9 heteroatoms. The van der Waals surface area contributed by atoms with E-state index < -0.39 is 10.0 Å². The topological polar surface area (TPSA) is 102 Å². The summed E-state index contributed by atoms with van der Waals surface area (Å²) in [4.78, 5) is 14.3. The minimum absolute atomic E-state index is 0.0354. The predicted molar refractivity (Wildman–Crippen MR) is 95.3 cm³/mol. The summed E-state index contributed by atoms with van der Waals surface area (Å²) in [5.74, 6) is 0.365. The summed E-state index contributed by atoms with van der Waals surface area (Å²) in [7, 11) is -0.597. The molecule has 1 amide bonds. The maximum atomic E-state index is 12.7. The lowest BCUT2D eigenvalue weighted by molar-refractivity contribution is 0.0781. The number of amides is 1. The van der Waals surface area contributed by atoms with Gasteiger partial charge in [-0.25, -0.2) is 13.1 Å². The highest BCUT2D eigenvalue weighted by atomic mass is 32.2. The fourth-order valence-electron chi connectivity index (χ4n) is 2.37. The quantitative estimate of drug-likeness (QED) is 0.695. The first-order chi connectivity index (χ1) is 12.2. The van der Waals surface area contributed by atoms with Crippen molar-refractivity contribution in [2.45, 2.75) is 25.3 Å². The van der Waals surface area contributed by atoms with Gasteiger partial charge >= 0.3 is 0 Å². The molecule has 142 valence electrons. The predicted octanol–water partition coefficient (Wildman–Crippen LogP) is 1.49. The lowest BCUT2D eigenvalue weighted by Gasteiger charge is -2.18. The van der Waals surface area contributed by atoms with E-state index in [1.165, 1.54) is 24.1 Å². The fraction of sp³-hybridized carbons (Fsp3) is 0.412. The molecule has 0 saturated heterocycles. The molecule has 1 heterocycles. The Balaban J connectivity index is 2.21. The summed E-state index contributed by atoms with van der Waals surface area (Å²) in [5.41, 5.74) is 1.64. The summed E-state index contributed by atoms with van der Waals surface area (Å²) in [6.07, 6.45) is 0. The van der Waals surface area contributed by atoms with Crippen molar-refractivity contribution < 1.29 is 22.5 Å². The van der Waals surface area contributed by atoms with E-state index in [-0.39, 0.29) is 30.5 Å². The van der Waals surface area contributed by atoms with Gasteiger partial charge in [0.05, 0.1) is 18.0 Å². The van der Waals surface area contributed by atoms with Crippen molar-refractivity contribution in [3.05, 3.63) is 46.8 Å². The number of sulfonamides is 1. The van der Waals surface area contributed by atoms with Crippen LogP contribution in [0.25, 0.3) is 0 Å². The zero-order chi connectivity index (χ0) is 19.3. The van der Waals surface area contributed by atoms with Crippen molar-refractivity contribution in [2.24, 2.45) is 0 Å². The van der Waals surface area contributed by atoms with Gasteiger partial charge in [0, 0.05) is 32.3 Å². The average Bonchev–Trinajstić information content (AvgIpc) is 2.99. The van der Waals surface area contributed by atoms with Gasteiger partial charge in [-0.3, -0.25) is 4.79 Å². The third kappa shape index (κ3) is 4.90. The Morgan fingerprint density at radius 3 is 2.65 bits per heavy atom. The number of hydrogen-bond acceptors (Lipinski definition) is 6. The third-order valence-corrected chi connectivity index (χ3v) is 5.23. The van der Waals surface area contributed by atoms with Crippen LogP contribution in [-0.2, 0) is 21.3 Å². The molecule has 0 radical (unpaired) electrons. The van der Waals surface area contributed by atoms with E-state index in [9.17, 15) is 13.2 Å². The van der Waals surface area contributed by atoms with Gasteiger partial charge in [-0.2, -0.15) is 0 Å². The summed E-state index contributed by atoms with van der Waals surface area (Å²) < 4.78 is 37.0. The molecule has 0 aliphatic heterocycles. The van der Waals surface area contributed by atoms with Crippen LogP contribution < -0.4 is 4.72 Å². The SMILES string of the molecule is COCCNS(=O)(=O)c1ccc(C)c(C(=O)N(C)Cc2cc(C)on2)c1. The number of carbonyl (C=O) groups is 1. The largest absolute Gasteiger partial charge is 0.383 e.